The Labute approximate surface area is 169 Å². The molecule has 0 aromatic carbocycles. The molecule has 2 aromatic heterocycles. The zero-order valence-electron chi connectivity index (χ0n) is 16.9. The smallest absolute Gasteiger partial charge is 0.276 e. The van der Waals surface area contributed by atoms with Crippen molar-refractivity contribution in [1.29, 1.82) is 0 Å². The van der Waals surface area contributed by atoms with Gasteiger partial charge in [-0.3, -0.25) is 9.59 Å². The van der Waals surface area contributed by atoms with Crippen LogP contribution < -0.4 is 5.32 Å². The van der Waals surface area contributed by atoms with Crippen LogP contribution >= 0.6 is 11.5 Å². The highest BCUT2D eigenvalue weighted by Crippen LogP contribution is 2.34. The standard InChI is InChI=1S/C20H28N4O3S/c1-5-20(3,4)21-18(25)17(16-11-10-13(2)27-16)24(14-8-6-7-9-14)19(26)15-12-28-23-22-15/h10-12,14,17H,5-9H2,1-4H3,(H,21,25)/t17-/m1/s1. The minimum atomic E-state index is -0.836. The summed E-state index contributed by atoms with van der Waals surface area (Å²) in [6.45, 7) is 7.80. The Morgan fingerprint density at radius 1 is 1.36 bits per heavy atom. The number of aryl methyl sites for hydroxylation is 1. The number of nitrogens with zero attached hydrogens (tertiary/aromatic N) is 3. The molecule has 8 heteroatoms. The zero-order valence-corrected chi connectivity index (χ0v) is 17.7. The summed E-state index contributed by atoms with van der Waals surface area (Å²) in [6, 6.07) is 2.74. The molecule has 152 valence electrons. The third kappa shape index (κ3) is 4.43. The van der Waals surface area contributed by atoms with Gasteiger partial charge in [-0.05, 0) is 63.7 Å². The molecule has 1 aliphatic carbocycles. The third-order valence-corrected chi connectivity index (χ3v) is 5.94. The van der Waals surface area contributed by atoms with Gasteiger partial charge >= 0.3 is 0 Å². The molecule has 2 heterocycles. The molecule has 1 saturated carbocycles. The van der Waals surface area contributed by atoms with Crippen molar-refractivity contribution < 1.29 is 14.0 Å². The van der Waals surface area contributed by atoms with Crippen LogP contribution in [0.3, 0.4) is 0 Å². The Hall–Kier alpha value is -2.22. The van der Waals surface area contributed by atoms with Gasteiger partial charge in [0, 0.05) is 17.0 Å². The number of rotatable bonds is 7. The van der Waals surface area contributed by atoms with Crippen LogP contribution in [0.5, 0.6) is 0 Å². The van der Waals surface area contributed by atoms with Crippen LogP contribution in [0, 0.1) is 6.92 Å². The van der Waals surface area contributed by atoms with Crippen molar-refractivity contribution in [3.63, 3.8) is 0 Å². The number of aromatic nitrogens is 2. The third-order valence-electron chi connectivity index (χ3n) is 5.43. The van der Waals surface area contributed by atoms with Crippen molar-refractivity contribution in [3.8, 4) is 0 Å². The van der Waals surface area contributed by atoms with Crippen LogP contribution in [0.2, 0.25) is 0 Å². The first-order chi connectivity index (χ1) is 13.3. The van der Waals surface area contributed by atoms with E-state index in [9.17, 15) is 9.59 Å². The molecule has 7 nitrogen and oxygen atoms in total. The molecule has 1 atom stereocenters. The zero-order chi connectivity index (χ0) is 20.3. The summed E-state index contributed by atoms with van der Waals surface area (Å²) < 4.78 is 9.66. The van der Waals surface area contributed by atoms with Crippen LogP contribution in [0.4, 0.5) is 0 Å². The lowest BCUT2D eigenvalue weighted by Gasteiger charge is -2.36. The van der Waals surface area contributed by atoms with E-state index in [-0.39, 0.29) is 29.1 Å². The normalized spacial score (nSPS) is 16.1. The summed E-state index contributed by atoms with van der Waals surface area (Å²) in [7, 11) is 0. The van der Waals surface area contributed by atoms with Gasteiger partial charge in [-0.15, -0.1) is 5.10 Å². The predicted octanol–water partition coefficient (Wildman–Crippen LogP) is 3.87. The summed E-state index contributed by atoms with van der Waals surface area (Å²) in [5, 5.41) is 8.67. The topological polar surface area (TPSA) is 88.3 Å². The lowest BCUT2D eigenvalue weighted by atomic mass is 10.00. The summed E-state index contributed by atoms with van der Waals surface area (Å²) >= 11 is 1.13. The molecule has 2 amide bonds. The van der Waals surface area contributed by atoms with Crippen LogP contribution in [-0.4, -0.2) is 37.9 Å². The molecule has 0 saturated heterocycles. The molecule has 28 heavy (non-hydrogen) atoms. The molecule has 0 spiro atoms. The van der Waals surface area contributed by atoms with Crippen LogP contribution in [-0.2, 0) is 4.79 Å². The summed E-state index contributed by atoms with van der Waals surface area (Å²) in [5.74, 6) is 0.677. The molecule has 1 fully saturated rings. The predicted molar refractivity (Wildman–Crippen MR) is 107 cm³/mol. The van der Waals surface area contributed by atoms with Gasteiger partial charge in [0.25, 0.3) is 11.8 Å². The minimum Gasteiger partial charge on any atom is -0.464 e. The van der Waals surface area contributed by atoms with Crippen molar-refractivity contribution in [3.05, 3.63) is 34.7 Å². The van der Waals surface area contributed by atoms with Gasteiger partial charge in [-0.2, -0.15) is 0 Å². The summed E-state index contributed by atoms with van der Waals surface area (Å²) in [6.07, 6.45) is 4.58. The van der Waals surface area contributed by atoms with Gasteiger partial charge < -0.3 is 14.6 Å². The molecular formula is C20H28N4O3S. The van der Waals surface area contributed by atoms with E-state index in [1.54, 1.807) is 16.3 Å². The van der Waals surface area contributed by atoms with Crippen molar-refractivity contribution in [2.24, 2.45) is 0 Å². The van der Waals surface area contributed by atoms with Gasteiger partial charge in [-0.25, -0.2) is 0 Å². The fourth-order valence-corrected chi connectivity index (χ4v) is 3.98. The molecule has 1 aliphatic rings. The van der Waals surface area contributed by atoms with E-state index in [4.69, 9.17) is 4.42 Å². The molecule has 0 bridgehead atoms. The Bertz CT molecular complexity index is 809. The SMILES string of the molecule is CCC(C)(C)NC(=O)[C@@H](c1ccc(C)o1)N(C(=O)c1csnn1)C1CCCC1. The maximum Gasteiger partial charge on any atom is 0.276 e. The Morgan fingerprint density at radius 2 is 2.07 bits per heavy atom. The van der Waals surface area contributed by atoms with E-state index in [0.29, 0.717) is 11.5 Å². The van der Waals surface area contributed by atoms with Crippen molar-refractivity contribution in [1.82, 2.24) is 19.8 Å². The van der Waals surface area contributed by atoms with E-state index in [2.05, 4.69) is 14.9 Å². The van der Waals surface area contributed by atoms with E-state index in [1.807, 2.05) is 33.8 Å². The lowest BCUT2D eigenvalue weighted by Crippen LogP contribution is -2.52. The van der Waals surface area contributed by atoms with Gasteiger partial charge in [-0.1, -0.05) is 24.3 Å². The number of carbonyl (C=O) groups is 2. The molecular weight excluding hydrogens is 376 g/mol. The minimum absolute atomic E-state index is 0.0277. The number of nitrogens with one attached hydrogen (secondary N) is 1. The largest absolute Gasteiger partial charge is 0.464 e. The highest BCUT2D eigenvalue weighted by Gasteiger charge is 2.41. The van der Waals surface area contributed by atoms with E-state index in [0.717, 1.165) is 43.6 Å². The first kappa shape index (κ1) is 20.5. The fraction of sp³-hybridized carbons (Fsp3) is 0.600. The molecule has 3 rings (SSSR count). The summed E-state index contributed by atoms with van der Waals surface area (Å²) in [5.41, 5.74) is -0.114. The van der Waals surface area contributed by atoms with Crippen LogP contribution in [0.25, 0.3) is 0 Å². The van der Waals surface area contributed by atoms with Crippen LogP contribution in [0.1, 0.15) is 80.9 Å². The van der Waals surface area contributed by atoms with E-state index in [1.165, 1.54) is 0 Å². The molecule has 1 N–H and O–H groups in total. The maximum absolute atomic E-state index is 13.4. The number of hydrogen-bond acceptors (Lipinski definition) is 6. The summed E-state index contributed by atoms with van der Waals surface area (Å²) in [4.78, 5) is 28.4. The quantitative estimate of drug-likeness (QED) is 0.757. The number of amides is 2. The second-order valence-electron chi connectivity index (χ2n) is 8.02. The molecule has 0 radical (unpaired) electrons. The monoisotopic (exact) mass is 404 g/mol. The Balaban J connectivity index is 2.02. The second kappa shape index (κ2) is 8.43. The number of furan rings is 1. The van der Waals surface area contributed by atoms with E-state index >= 15 is 0 Å². The second-order valence-corrected chi connectivity index (χ2v) is 8.63. The molecule has 0 aliphatic heterocycles. The van der Waals surface area contributed by atoms with Crippen molar-refractivity contribution in [2.45, 2.75) is 77.4 Å². The first-order valence-corrected chi connectivity index (χ1v) is 10.6. The van der Waals surface area contributed by atoms with Gasteiger partial charge in [0.15, 0.2) is 11.7 Å². The maximum atomic E-state index is 13.4. The van der Waals surface area contributed by atoms with E-state index < -0.39 is 6.04 Å². The van der Waals surface area contributed by atoms with Crippen molar-refractivity contribution >= 4 is 23.3 Å². The van der Waals surface area contributed by atoms with Crippen molar-refractivity contribution in [2.75, 3.05) is 0 Å². The Morgan fingerprint density at radius 3 is 2.61 bits per heavy atom. The lowest BCUT2D eigenvalue weighted by molar-refractivity contribution is -0.129. The average molecular weight is 405 g/mol. The number of carbonyl (C=O) groups excluding carboxylic acids is 2. The number of hydrogen-bond donors (Lipinski definition) is 1. The Kier molecular flexibility index (Phi) is 6.17. The van der Waals surface area contributed by atoms with Crippen LogP contribution in [0.15, 0.2) is 21.9 Å². The first-order valence-electron chi connectivity index (χ1n) is 9.80. The molecule has 2 aromatic rings. The fourth-order valence-electron chi connectivity index (χ4n) is 3.55. The molecule has 0 unspecified atom stereocenters. The highest BCUT2D eigenvalue weighted by molar-refractivity contribution is 7.03. The van der Waals surface area contributed by atoms with Gasteiger partial charge in [0.2, 0.25) is 0 Å². The average Bonchev–Trinajstić information content (AvgIpc) is 3.40. The van der Waals surface area contributed by atoms with Gasteiger partial charge in [0.05, 0.1) is 0 Å². The highest BCUT2D eigenvalue weighted by atomic mass is 32.1. The van der Waals surface area contributed by atoms with Gasteiger partial charge in [0.1, 0.15) is 11.5 Å².